The third kappa shape index (κ3) is 3.81. The van der Waals surface area contributed by atoms with Gasteiger partial charge in [0.25, 0.3) is 0 Å². The molecule has 1 heterocycles. The van der Waals surface area contributed by atoms with Crippen molar-refractivity contribution in [2.45, 2.75) is 37.8 Å². The number of nitrogens with two attached hydrogens (primary N) is 1. The van der Waals surface area contributed by atoms with E-state index in [1.807, 2.05) is 13.8 Å². The predicted molar refractivity (Wildman–Crippen MR) is 77.1 cm³/mol. The van der Waals surface area contributed by atoms with Crippen molar-refractivity contribution in [3.63, 3.8) is 0 Å². The maximum Gasteiger partial charge on any atom is 0.173 e. The highest BCUT2D eigenvalue weighted by Crippen LogP contribution is 2.25. The topological polar surface area (TPSA) is 125 Å². The van der Waals surface area contributed by atoms with Gasteiger partial charge in [0.05, 0.1) is 24.0 Å². The molecule has 1 atom stereocenters. The minimum atomic E-state index is -0.849. The zero-order valence-electron chi connectivity index (χ0n) is 11.6. The molecular weight excluding hydrogens is 280 g/mol. The maximum atomic E-state index is 9.40. The first-order valence-electron chi connectivity index (χ1n) is 6.36. The van der Waals surface area contributed by atoms with Crippen molar-refractivity contribution in [1.82, 2.24) is 10.2 Å². The fourth-order valence-electron chi connectivity index (χ4n) is 1.80. The minimum absolute atomic E-state index is 0.0209. The van der Waals surface area contributed by atoms with Gasteiger partial charge in [0.15, 0.2) is 5.84 Å². The Morgan fingerprint density at radius 1 is 1.35 bits per heavy atom. The van der Waals surface area contributed by atoms with Crippen molar-refractivity contribution < 1.29 is 15.4 Å². The molecule has 1 aromatic heterocycles. The summed E-state index contributed by atoms with van der Waals surface area (Å²) >= 11 is 1.22. The summed E-state index contributed by atoms with van der Waals surface area (Å²) in [6.45, 7) is 3.59. The number of hydrogen-bond donors (Lipinski definition) is 4. The molecule has 0 spiro atoms. The summed E-state index contributed by atoms with van der Waals surface area (Å²) < 4.78 is 0. The van der Waals surface area contributed by atoms with E-state index in [0.717, 1.165) is 11.3 Å². The highest BCUT2D eigenvalue weighted by Gasteiger charge is 2.19. The number of aliphatic hydroxyl groups is 2. The van der Waals surface area contributed by atoms with Crippen LogP contribution in [0, 0.1) is 0 Å². The minimum Gasteiger partial charge on any atom is -0.409 e. The number of aromatic nitrogens is 2. The largest absolute Gasteiger partial charge is 0.409 e. The average Bonchev–Trinajstić information content (AvgIpc) is 2.50. The summed E-state index contributed by atoms with van der Waals surface area (Å²) in [5.41, 5.74) is 7.99. The maximum absolute atomic E-state index is 9.40. The van der Waals surface area contributed by atoms with Gasteiger partial charge in [-0.3, -0.25) is 0 Å². The van der Waals surface area contributed by atoms with Gasteiger partial charge < -0.3 is 21.2 Å². The van der Waals surface area contributed by atoms with Crippen LogP contribution in [0.15, 0.2) is 10.2 Å². The first-order chi connectivity index (χ1) is 9.58. The Balaban J connectivity index is 3.22. The van der Waals surface area contributed by atoms with Crippen LogP contribution in [0.3, 0.4) is 0 Å². The summed E-state index contributed by atoms with van der Waals surface area (Å²) in [5, 5.41) is 38.9. The third-order valence-corrected chi connectivity index (χ3v) is 3.91. The summed E-state index contributed by atoms with van der Waals surface area (Å²) in [4.78, 5) is 0. The Morgan fingerprint density at radius 3 is 2.55 bits per heavy atom. The van der Waals surface area contributed by atoms with Crippen LogP contribution in [-0.2, 0) is 12.8 Å². The van der Waals surface area contributed by atoms with Crippen molar-refractivity contribution in [3.8, 4) is 0 Å². The van der Waals surface area contributed by atoms with Crippen LogP contribution >= 0.6 is 11.8 Å². The van der Waals surface area contributed by atoms with Crippen LogP contribution in [0.4, 0.5) is 0 Å². The molecule has 0 bridgehead atoms. The number of aliphatic hydroxyl groups excluding tert-OH is 2. The highest BCUT2D eigenvalue weighted by molar-refractivity contribution is 7.99. The zero-order chi connectivity index (χ0) is 15.1. The second-order valence-electron chi connectivity index (χ2n) is 4.15. The standard InChI is InChI=1S/C12H20N4O3S/c1-3-8-9(4-2)14-15-12(10(8)11(13)16-19)20-6-7(18)5-17/h7,17-19H,3-6H2,1-2H3,(H2,13,16). The van der Waals surface area contributed by atoms with E-state index in [1.165, 1.54) is 11.8 Å². The molecule has 0 saturated carbocycles. The Hall–Kier alpha value is -1.38. The van der Waals surface area contributed by atoms with E-state index in [4.69, 9.17) is 16.0 Å². The van der Waals surface area contributed by atoms with E-state index < -0.39 is 6.10 Å². The van der Waals surface area contributed by atoms with Crippen LogP contribution in [0.5, 0.6) is 0 Å². The van der Waals surface area contributed by atoms with E-state index in [9.17, 15) is 5.11 Å². The number of hydrogen-bond acceptors (Lipinski definition) is 7. The quantitative estimate of drug-likeness (QED) is 0.185. The second-order valence-corrected chi connectivity index (χ2v) is 5.15. The molecule has 0 radical (unpaired) electrons. The zero-order valence-corrected chi connectivity index (χ0v) is 12.4. The second kappa shape index (κ2) is 8.03. The molecule has 20 heavy (non-hydrogen) atoms. The number of thioether (sulfide) groups is 1. The molecule has 1 unspecified atom stereocenters. The van der Waals surface area contributed by atoms with Crippen LogP contribution in [0.2, 0.25) is 0 Å². The molecule has 0 fully saturated rings. The number of oxime groups is 1. The molecule has 8 heteroatoms. The van der Waals surface area contributed by atoms with Crippen LogP contribution in [0.1, 0.15) is 30.7 Å². The lowest BCUT2D eigenvalue weighted by Crippen LogP contribution is -2.21. The molecule has 0 aromatic carbocycles. The number of amidine groups is 1. The summed E-state index contributed by atoms with van der Waals surface area (Å²) in [6, 6.07) is 0. The lowest BCUT2D eigenvalue weighted by atomic mass is 10.0. The Labute approximate surface area is 121 Å². The number of nitrogens with zero attached hydrogens (tertiary/aromatic N) is 3. The van der Waals surface area contributed by atoms with Gasteiger partial charge in [0.1, 0.15) is 5.03 Å². The Morgan fingerprint density at radius 2 is 2.05 bits per heavy atom. The average molecular weight is 300 g/mol. The van der Waals surface area contributed by atoms with Crippen LogP contribution in [0.25, 0.3) is 0 Å². The van der Waals surface area contributed by atoms with E-state index in [2.05, 4.69) is 15.4 Å². The third-order valence-electron chi connectivity index (χ3n) is 2.80. The monoisotopic (exact) mass is 300 g/mol. The number of rotatable bonds is 7. The molecule has 0 amide bonds. The summed E-state index contributed by atoms with van der Waals surface area (Å²) in [6.07, 6.45) is 0.532. The van der Waals surface area contributed by atoms with Crippen molar-refractivity contribution >= 4 is 17.6 Å². The molecule has 0 aliphatic carbocycles. The Bertz CT molecular complexity index is 482. The molecule has 0 saturated heterocycles. The summed E-state index contributed by atoms with van der Waals surface area (Å²) in [7, 11) is 0. The van der Waals surface area contributed by atoms with Crippen molar-refractivity contribution in [2.24, 2.45) is 10.9 Å². The van der Waals surface area contributed by atoms with Crippen molar-refractivity contribution in [1.29, 1.82) is 0 Å². The first-order valence-corrected chi connectivity index (χ1v) is 7.35. The Kier molecular flexibility index (Phi) is 6.69. The molecule has 1 rings (SSSR count). The van der Waals surface area contributed by atoms with Gasteiger partial charge in [-0.1, -0.05) is 19.0 Å². The van der Waals surface area contributed by atoms with Gasteiger partial charge in [-0.05, 0) is 18.4 Å². The van der Waals surface area contributed by atoms with Crippen LogP contribution < -0.4 is 5.73 Å². The normalized spacial score (nSPS) is 13.5. The smallest absolute Gasteiger partial charge is 0.173 e. The molecule has 1 aromatic rings. The fourth-order valence-corrected chi connectivity index (χ4v) is 2.72. The van der Waals surface area contributed by atoms with Crippen molar-refractivity contribution in [3.05, 3.63) is 16.8 Å². The fraction of sp³-hybridized carbons (Fsp3) is 0.583. The SMILES string of the molecule is CCc1nnc(SCC(O)CO)c(C(N)=NO)c1CC. The van der Waals surface area contributed by atoms with Gasteiger partial charge in [-0.15, -0.1) is 16.9 Å². The molecule has 5 N–H and O–H groups in total. The van der Waals surface area contributed by atoms with Crippen LogP contribution in [-0.4, -0.2) is 49.9 Å². The molecule has 7 nitrogen and oxygen atoms in total. The van der Waals surface area contributed by atoms with Gasteiger partial charge in [0.2, 0.25) is 0 Å². The van der Waals surface area contributed by atoms with Gasteiger partial charge in [0, 0.05) is 5.75 Å². The van der Waals surface area contributed by atoms with Gasteiger partial charge in [-0.2, -0.15) is 5.10 Å². The summed E-state index contributed by atoms with van der Waals surface area (Å²) in [5.74, 6) is 0.235. The predicted octanol–water partition coefficient (Wildman–Crippen LogP) is 0.141. The first kappa shape index (κ1) is 16.7. The van der Waals surface area contributed by atoms with Gasteiger partial charge >= 0.3 is 0 Å². The lowest BCUT2D eigenvalue weighted by molar-refractivity contribution is 0.113. The van der Waals surface area contributed by atoms with E-state index >= 15 is 0 Å². The molecule has 0 aliphatic rings. The highest BCUT2D eigenvalue weighted by atomic mass is 32.2. The van der Waals surface area contributed by atoms with E-state index in [0.29, 0.717) is 23.4 Å². The molecular formula is C12H20N4O3S. The number of aryl methyl sites for hydroxylation is 1. The lowest BCUT2D eigenvalue weighted by Gasteiger charge is -2.14. The van der Waals surface area contributed by atoms with Crippen molar-refractivity contribution in [2.75, 3.05) is 12.4 Å². The molecule has 0 aliphatic heterocycles. The van der Waals surface area contributed by atoms with E-state index in [1.54, 1.807) is 0 Å². The van der Waals surface area contributed by atoms with Gasteiger partial charge in [-0.25, -0.2) is 0 Å². The van der Waals surface area contributed by atoms with E-state index in [-0.39, 0.29) is 18.2 Å². The molecule has 112 valence electrons.